The zero-order chi connectivity index (χ0) is 12.1. The SMILES string of the molecule is CC(O)c1ccccc1NCc1cnccn1. The minimum Gasteiger partial charge on any atom is -0.389 e. The molecule has 1 aromatic heterocycles. The van der Waals surface area contributed by atoms with Gasteiger partial charge in [0.05, 0.1) is 24.5 Å². The third kappa shape index (κ3) is 3.01. The zero-order valence-electron chi connectivity index (χ0n) is 9.67. The van der Waals surface area contributed by atoms with E-state index in [2.05, 4.69) is 15.3 Å². The molecule has 17 heavy (non-hydrogen) atoms. The molecule has 1 heterocycles. The molecule has 2 rings (SSSR count). The highest BCUT2D eigenvalue weighted by atomic mass is 16.3. The molecule has 4 nitrogen and oxygen atoms in total. The summed E-state index contributed by atoms with van der Waals surface area (Å²) < 4.78 is 0. The second-order valence-corrected chi connectivity index (χ2v) is 3.81. The first kappa shape index (κ1) is 11.5. The highest BCUT2D eigenvalue weighted by molar-refractivity contribution is 5.52. The van der Waals surface area contributed by atoms with Crippen LogP contribution < -0.4 is 5.32 Å². The molecule has 0 spiro atoms. The van der Waals surface area contributed by atoms with Crippen LogP contribution in [0.5, 0.6) is 0 Å². The van der Waals surface area contributed by atoms with Gasteiger partial charge in [0.2, 0.25) is 0 Å². The van der Waals surface area contributed by atoms with Gasteiger partial charge in [0, 0.05) is 23.6 Å². The summed E-state index contributed by atoms with van der Waals surface area (Å²) >= 11 is 0. The van der Waals surface area contributed by atoms with E-state index in [1.54, 1.807) is 25.5 Å². The molecule has 1 unspecified atom stereocenters. The number of aromatic nitrogens is 2. The highest BCUT2D eigenvalue weighted by Gasteiger charge is 2.06. The molecule has 4 heteroatoms. The van der Waals surface area contributed by atoms with Crippen LogP contribution in [0.2, 0.25) is 0 Å². The Balaban J connectivity index is 2.09. The number of anilines is 1. The molecule has 1 aromatic carbocycles. The summed E-state index contributed by atoms with van der Waals surface area (Å²) in [5, 5.41) is 12.9. The summed E-state index contributed by atoms with van der Waals surface area (Å²) in [4.78, 5) is 8.18. The van der Waals surface area contributed by atoms with Crippen LogP contribution in [0.25, 0.3) is 0 Å². The lowest BCUT2D eigenvalue weighted by atomic mass is 10.1. The van der Waals surface area contributed by atoms with Crippen molar-refractivity contribution >= 4 is 5.69 Å². The van der Waals surface area contributed by atoms with Crippen molar-refractivity contribution in [1.82, 2.24) is 9.97 Å². The minimum atomic E-state index is -0.486. The van der Waals surface area contributed by atoms with Gasteiger partial charge < -0.3 is 10.4 Å². The fourth-order valence-electron chi connectivity index (χ4n) is 1.63. The Morgan fingerprint density at radius 1 is 1.29 bits per heavy atom. The monoisotopic (exact) mass is 229 g/mol. The first-order valence-electron chi connectivity index (χ1n) is 5.53. The average Bonchev–Trinajstić information content (AvgIpc) is 2.38. The third-order valence-electron chi connectivity index (χ3n) is 2.49. The van der Waals surface area contributed by atoms with Gasteiger partial charge in [-0.15, -0.1) is 0 Å². The molecule has 0 saturated heterocycles. The summed E-state index contributed by atoms with van der Waals surface area (Å²) in [6.07, 6.45) is 4.54. The maximum absolute atomic E-state index is 9.63. The summed E-state index contributed by atoms with van der Waals surface area (Å²) in [6, 6.07) is 7.70. The van der Waals surface area contributed by atoms with Crippen LogP contribution in [0, 0.1) is 0 Å². The van der Waals surface area contributed by atoms with Crippen LogP contribution in [-0.2, 0) is 6.54 Å². The van der Waals surface area contributed by atoms with Gasteiger partial charge in [-0.3, -0.25) is 9.97 Å². The molecule has 0 aliphatic rings. The number of hydrogen-bond donors (Lipinski definition) is 2. The number of para-hydroxylation sites is 1. The average molecular weight is 229 g/mol. The quantitative estimate of drug-likeness (QED) is 0.843. The van der Waals surface area contributed by atoms with Crippen LogP contribution in [0.15, 0.2) is 42.9 Å². The first-order chi connectivity index (χ1) is 8.27. The van der Waals surface area contributed by atoms with Gasteiger partial charge in [-0.05, 0) is 13.0 Å². The van der Waals surface area contributed by atoms with E-state index in [1.807, 2.05) is 24.3 Å². The predicted molar refractivity (Wildman–Crippen MR) is 66.4 cm³/mol. The van der Waals surface area contributed by atoms with Crippen molar-refractivity contribution in [2.24, 2.45) is 0 Å². The second kappa shape index (κ2) is 5.41. The van der Waals surface area contributed by atoms with Crippen molar-refractivity contribution in [3.63, 3.8) is 0 Å². The lowest BCUT2D eigenvalue weighted by Gasteiger charge is -2.13. The number of aliphatic hydroxyl groups is 1. The van der Waals surface area contributed by atoms with E-state index in [0.29, 0.717) is 6.54 Å². The number of nitrogens with zero attached hydrogens (tertiary/aromatic N) is 2. The Bertz CT molecular complexity index is 471. The molecule has 0 fully saturated rings. The second-order valence-electron chi connectivity index (χ2n) is 3.81. The Morgan fingerprint density at radius 2 is 2.12 bits per heavy atom. The van der Waals surface area contributed by atoms with E-state index >= 15 is 0 Å². The highest BCUT2D eigenvalue weighted by Crippen LogP contribution is 2.22. The minimum absolute atomic E-state index is 0.486. The number of benzene rings is 1. The molecule has 0 aliphatic carbocycles. The van der Waals surface area contributed by atoms with Crippen molar-refractivity contribution in [2.75, 3.05) is 5.32 Å². The van der Waals surface area contributed by atoms with Crippen molar-refractivity contribution in [3.05, 3.63) is 54.1 Å². The molecular formula is C13H15N3O. The maximum atomic E-state index is 9.63. The fourth-order valence-corrected chi connectivity index (χ4v) is 1.63. The molecule has 2 N–H and O–H groups in total. The van der Waals surface area contributed by atoms with E-state index in [4.69, 9.17) is 0 Å². The molecule has 0 amide bonds. The first-order valence-corrected chi connectivity index (χ1v) is 5.53. The van der Waals surface area contributed by atoms with Crippen LogP contribution >= 0.6 is 0 Å². The molecule has 88 valence electrons. The number of hydrogen-bond acceptors (Lipinski definition) is 4. The smallest absolute Gasteiger partial charge is 0.0781 e. The normalized spacial score (nSPS) is 12.1. The van der Waals surface area contributed by atoms with E-state index in [1.165, 1.54) is 0 Å². The number of rotatable bonds is 4. The van der Waals surface area contributed by atoms with Gasteiger partial charge in [0.25, 0.3) is 0 Å². The summed E-state index contributed by atoms with van der Waals surface area (Å²) in [5.74, 6) is 0. The van der Waals surface area contributed by atoms with Crippen LogP contribution in [-0.4, -0.2) is 15.1 Å². The summed E-state index contributed by atoms with van der Waals surface area (Å²) in [5.41, 5.74) is 2.68. The number of nitrogens with one attached hydrogen (secondary N) is 1. The molecule has 0 radical (unpaired) electrons. The summed E-state index contributed by atoms with van der Waals surface area (Å²) in [6.45, 7) is 2.35. The Hall–Kier alpha value is -1.94. The van der Waals surface area contributed by atoms with Gasteiger partial charge >= 0.3 is 0 Å². The Labute approximate surface area is 100 Å². The van der Waals surface area contributed by atoms with E-state index in [0.717, 1.165) is 16.9 Å². The Morgan fingerprint density at radius 3 is 2.82 bits per heavy atom. The zero-order valence-corrected chi connectivity index (χ0v) is 9.67. The van der Waals surface area contributed by atoms with Gasteiger partial charge in [-0.1, -0.05) is 18.2 Å². The molecule has 0 saturated carbocycles. The topological polar surface area (TPSA) is 58.0 Å². The Kier molecular flexibility index (Phi) is 3.67. The molecule has 0 bridgehead atoms. The van der Waals surface area contributed by atoms with Crippen molar-refractivity contribution in [1.29, 1.82) is 0 Å². The van der Waals surface area contributed by atoms with Crippen LogP contribution in [0.1, 0.15) is 24.3 Å². The van der Waals surface area contributed by atoms with E-state index < -0.39 is 6.10 Å². The summed E-state index contributed by atoms with van der Waals surface area (Å²) in [7, 11) is 0. The van der Waals surface area contributed by atoms with Gasteiger partial charge in [-0.25, -0.2) is 0 Å². The number of aliphatic hydroxyl groups excluding tert-OH is 1. The third-order valence-corrected chi connectivity index (χ3v) is 2.49. The lowest BCUT2D eigenvalue weighted by Crippen LogP contribution is -2.05. The van der Waals surface area contributed by atoms with Crippen LogP contribution in [0.3, 0.4) is 0 Å². The molecular weight excluding hydrogens is 214 g/mol. The van der Waals surface area contributed by atoms with Gasteiger partial charge in [-0.2, -0.15) is 0 Å². The van der Waals surface area contributed by atoms with Crippen molar-refractivity contribution in [3.8, 4) is 0 Å². The molecule has 0 aliphatic heterocycles. The lowest BCUT2D eigenvalue weighted by molar-refractivity contribution is 0.200. The maximum Gasteiger partial charge on any atom is 0.0781 e. The largest absolute Gasteiger partial charge is 0.389 e. The van der Waals surface area contributed by atoms with E-state index in [9.17, 15) is 5.11 Å². The van der Waals surface area contributed by atoms with E-state index in [-0.39, 0.29) is 0 Å². The molecule has 2 aromatic rings. The van der Waals surface area contributed by atoms with Gasteiger partial charge in [0.1, 0.15) is 0 Å². The predicted octanol–water partition coefficient (Wildman–Crippen LogP) is 2.14. The molecule has 1 atom stereocenters. The van der Waals surface area contributed by atoms with Gasteiger partial charge in [0.15, 0.2) is 0 Å². The standard InChI is InChI=1S/C13H15N3O/c1-10(17)12-4-2-3-5-13(12)16-9-11-8-14-6-7-15-11/h2-8,10,16-17H,9H2,1H3. The van der Waals surface area contributed by atoms with Crippen LogP contribution in [0.4, 0.5) is 5.69 Å². The van der Waals surface area contributed by atoms with Crippen molar-refractivity contribution in [2.45, 2.75) is 19.6 Å². The van der Waals surface area contributed by atoms with Crippen molar-refractivity contribution < 1.29 is 5.11 Å². The fraction of sp³-hybridized carbons (Fsp3) is 0.231.